The first-order valence-electron chi connectivity index (χ1n) is 5.20. The first-order chi connectivity index (χ1) is 7.22. The number of nitrogens with two attached hydrogens (primary N) is 1. The van der Waals surface area contributed by atoms with E-state index in [1.54, 1.807) is 10.6 Å². The highest BCUT2D eigenvalue weighted by Crippen LogP contribution is 2.31. The predicted molar refractivity (Wildman–Crippen MR) is 59.2 cm³/mol. The maximum atomic E-state index is 11.7. The molecule has 0 unspecified atom stereocenters. The summed E-state index contributed by atoms with van der Waals surface area (Å²) in [6.45, 7) is 0.520. The van der Waals surface area contributed by atoms with E-state index >= 15 is 0 Å². The van der Waals surface area contributed by atoms with Gasteiger partial charge in [0, 0.05) is 18.2 Å². The molecule has 0 saturated heterocycles. The van der Waals surface area contributed by atoms with E-state index in [1.165, 1.54) is 6.42 Å². The van der Waals surface area contributed by atoms with Crippen LogP contribution in [-0.2, 0) is 6.42 Å². The smallest absolute Gasteiger partial charge is 0.330 e. The van der Waals surface area contributed by atoms with Crippen LogP contribution in [0.3, 0.4) is 0 Å². The van der Waals surface area contributed by atoms with Crippen LogP contribution in [0.15, 0.2) is 10.9 Å². The third-order valence-electron chi connectivity index (χ3n) is 2.84. The van der Waals surface area contributed by atoms with Crippen LogP contribution in [-0.4, -0.2) is 16.1 Å². The zero-order valence-electron chi connectivity index (χ0n) is 8.45. The Labute approximate surface area is 93.1 Å². The van der Waals surface area contributed by atoms with Gasteiger partial charge in [-0.15, -0.1) is 0 Å². The van der Waals surface area contributed by atoms with E-state index in [2.05, 4.69) is 4.98 Å². The first-order valence-corrected chi connectivity index (χ1v) is 5.58. The molecule has 2 rings (SSSR count). The second kappa shape index (κ2) is 4.33. The predicted octanol–water partition coefficient (Wildman–Crippen LogP) is 1.12. The maximum Gasteiger partial charge on any atom is 0.349 e. The fourth-order valence-corrected chi connectivity index (χ4v) is 2.08. The normalized spacial score (nSPS) is 16.4. The van der Waals surface area contributed by atoms with Crippen molar-refractivity contribution in [2.24, 2.45) is 5.73 Å². The molecule has 0 atom stereocenters. The molecule has 0 spiro atoms. The van der Waals surface area contributed by atoms with Crippen molar-refractivity contribution in [2.45, 2.75) is 31.7 Å². The Morgan fingerprint density at radius 1 is 1.60 bits per heavy atom. The minimum atomic E-state index is -0.240. The lowest BCUT2D eigenvalue weighted by Crippen LogP contribution is -2.33. The summed E-state index contributed by atoms with van der Waals surface area (Å²) in [5.74, 6) is 0. The Morgan fingerprint density at radius 2 is 2.33 bits per heavy atom. The quantitative estimate of drug-likeness (QED) is 0.788. The summed E-state index contributed by atoms with van der Waals surface area (Å²) >= 11 is 5.76. The third kappa shape index (κ3) is 2.06. The molecule has 5 heteroatoms. The van der Waals surface area contributed by atoms with Gasteiger partial charge in [-0.05, 0) is 31.9 Å². The van der Waals surface area contributed by atoms with E-state index in [4.69, 9.17) is 17.3 Å². The van der Waals surface area contributed by atoms with Crippen LogP contribution in [0.2, 0.25) is 5.15 Å². The van der Waals surface area contributed by atoms with Crippen molar-refractivity contribution in [1.82, 2.24) is 9.55 Å². The monoisotopic (exact) mass is 227 g/mol. The van der Waals surface area contributed by atoms with E-state index in [0.29, 0.717) is 19.0 Å². The average Bonchev–Trinajstić information content (AvgIpc) is 2.08. The van der Waals surface area contributed by atoms with Crippen LogP contribution in [0.5, 0.6) is 0 Å². The van der Waals surface area contributed by atoms with Gasteiger partial charge in [-0.3, -0.25) is 4.57 Å². The molecule has 0 amide bonds. The molecule has 4 nitrogen and oxygen atoms in total. The van der Waals surface area contributed by atoms with E-state index < -0.39 is 0 Å². The van der Waals surface area contributed by atoms with Crippen molar-refractivity contribution >= 4 is 11.6 Å². The summed E-state index contributed by atoms with van der Waals surface area (Å²) in [5, 5.41) is 0.263. The van der Waals surface area contributed by atoms with Crippen LogP contribution in [0.25, 0.3) is 0 Å². The van der Waals surface area contributed by atoms with Crippen molar-refractivity contribution in [3.63, 3.8) is 0 Å². The molecular weight excluding hydrogens is 214 g/mol. The van der Waals surface area contributed by atoms with Gasteiger partial charge >= 0.3 is 5.69 Å². The van der Waals surface area contributed by atoms with Crippen molar-refractivity contribution in [1.29, 1.82) is 0 Å². The number of hydrogen-bond donors (Lipinski definition) is 1. The van der Waals surface area contributed by atoms with Crippen LogP contribution in [0.4, 0.5) is 0 Å². The SMILES string of the molecule is NCCc1cc(Cl)nc(=O)n1C1CCC1. The summed E-state index contributed by atoms with van der Waals surface area (Å²) in [5.41, 5.74) is 6.18. The van der Waals surface area contributed by atoms with Gasteiger partial charge < -0.3 is 5.73 Å². The molecule has 0 radical (unpaired) electrons. The largest absolute Gasteiger partial charge is 0.349 e. The van der Waals surface area contributed by atoms with E-state index in [9.17, 15) is 4.79 Å². The Bertz CT molecular complexity index is 412. The average molecular weight is 228 g/mol. The van der Waals surface area contributed by atoms with E-state index in [-0.39, 0.29) is 10.8 Å². The minimum absolute atomic E-state index is 0.240. The summed E-state index contributed by atoms with van der Waals surface area (Å²) < 4.78 is 1.75. The van der Waals surface area contributed by atoms with Crippen molar-refractivity contribution in [3.8, 4) is 0 Å². The molecule has 0 bridgehead atoms. The molecule has 1 fully saturated rings. The molecule has 1 aliphatic carbocycles. The minimum Gasteiger partial charge on any atom is -0.330 e. The lowest BCUT2D eigenvalue weighted by Gasteiger charge is -2.29. The van der Waals surface area contributed by atoms with E-state index in [0.717, 1.165) is 18.5 Å². The van der Waals surface area contributed by atoms with Gasteiger partial charge in [0.05, 0.1) is 0 Å². The highest BCUT2D eigenvalue weighted by Gasteiger charge is 2.23. The summed E-state index contributed by atoms with van der Waals surface area (Å²) in [6.07, 6.45) is 3.97. The Morgan fingerprint density at radius 3 is 2.87 bits per heavy atom. The maximum absolute atomic E-state index is 11.7. The van der Waals surface area contributed by atoms with Crippen LogP contribution >= 0.6 is 11.6 Å². The second-order valence-corrected chi connectivity index (χ2v) is 4.23. The standard InChI is InChI=1S/C10H14ClN3O/c11-9-6-8(4-5-12)14(10(15)13-9)7-2-1-3-7/h6-7H,1-5,12H2. The molecule has 0 aromatic carbocycles. The van der Waals surface area contributed by atoms with Crippen molar-refractivity contribution in [2.75, 3.05) is 6.54 Å². The first kappa shape index (κ1) is 10.6. The third-order valence-corrected chi connectivity index (χ3v) is 3.04. The lowest BCUT2D eigenvalue weighted by atomic mass is 9.92. The van der Waals surface area contributed by atoms with Gasteiger partial charge in [0.15, 0.2) is 0 Å². The number of hydrogen-bond acceptors (Lipinski definition) is 3. The van der Waals surface area contributed by atoms with Crippen LogP contribution in [0.1, 0.15) is 31.0 Å². The summed E-state index contributed by atoms with van der Waals surface area (Å²) in [6, 6.07) is 2.05. The molecule has 15 heavy (non-hydrogen) atoms. The van der Waals surface area contributed by atoms with Gasteiger partial charge in [-0.25, -0.2) is 4.79 Å². The highest BCUT2D eigenvalue weighted by atomic mass is 35.5. The number of rotatable bonds is 3. The highest BCUT2D eigenvalue weighted by molar-refractivity contribution is 6.29. The molecule has 1 aromatic heterocycles. The van der Waals surface area contributed by atoms with Crippen molar-refractivity contribution < 1.29 is 0 Å². The van der Waals surface area contributed by atoms with Gasteiger partial charge in [-0.2, -0.15) is 4.98 Å². The summed E-state index contributed by atoms with van der Waals surface area (Å²) in [7, 11) is 0. The molecule has 1 saturated carbocycles. The zero-order valence-corrected chi connectivity index (χ0v) is 9.20. The van der Waals surface area contributed by atoms with Crippen LogP contribution in [0, 0.1) is 0 Å². The van der Waals surface area contributed by atoms with E-state index in [1.807, 2.05) is 0 Å². The molecule has 82 valence electrons. The Balaban J connectivity index is 2.43. The van der Waals surface area contributed by atoms with Gasteiger partial charge in [0.25, 0.3) is 0 Å². The van der Waals surface area contributed by atoms with Gasteiger partial charge in [0.2, 0.25) is 0 Å². The fraction of sp³-hybridized carbons (Fsp3) is 0.600. The lowest BCUT2D eigenvalue weighted by molar-refractivity contribution is 0.295. The van der Waals surface area contributed by atoms with Crippen LogP contribution < -0.4 is 11.4 Å². The van der Waals surface area contributed by atoms with Gasteiger partial charge in [-0.1, -0.05) is 11.6 Å². The molecular formula is C10H14ClN3O. The molecule has 1 aliphatic rings. The summed E-state index contributed by atoms with van der Waals surface area (Å²) in [4.78, 5) is 15.4. The topological polar surface area (TPSA) is 60.9 Å². The Kier molecular flexibility index (Phi) is 3.07. The number of halogens is 1. The Hall–Kier alpha value is -0.870. The van der Waals surface area contributed by atoms with Crippen molar-refractivity contribution in [3.05, 3.63) is 27.4 Å². The fourth-order valence-electron chi connectivity index (χ4n) is 1.88. The zero-order chi connectivity index (χ0) is 10.8. The molecule has 1 aromatic rings. The van der Waals surface area contributed by atoms with Gasteiger partial charge in [0.1, 0.15) is 5.15 Å². The molecule has 2 N–H and O–H groups in total. The molecule has 0 aliphatic heterocycles. The molecule has 1 heterocycles. The second-order valence-electron chi connectivity index (χ2n) is 3.85. The number of nitrogens with zero attached hydrogens (tertiary/aromatic N) is 2. The number of aromatic nitrogens is 2.